The monoisotopic (exact) mass is 431 g/mol. The lowest BCUT2D eigenvalue weighted by molar-refractivity contribution is -0.146. The number of carbonyl (C=O) groups excluding carboxylic acids is 2. The Morgan fingerprint density at radius 1 is 0.844 bits per heavy atom. The first-order chi connectivity index (χ1) is 15.7. The van der Waals surface area contributed by atoms with E-state index in [1.807, 2.05) is 67.6 Å². The van der Waals surface area contributed by atoms with Crippen LogP contribution >= 0.6 is 0 Å². The van der Waals surface area contributed by atoms with Gasteiger partial charge in [-0.05, 0) is 41.8 Å². The minimum absolute atomic E-state index is 0.300. The quantitative estimate of drug-likeness (QED) is 0.345. The van der Waals surface area contributed by atoms with Crippen LogP contribution in [0.2, 0.25) is 0 Å². The van der Waals surface area contributed by atoms with Gasteiger partial charge in [0.2, 0.25) is 0 Å². The molecular weight excluding hydrogens is 402 g/mol. The Labute approximate surface area is 189 Å². The third kappa shape index (κ3) is 7.27. The molecule has 3 aromatic carbocycles. The predicted octanol–water partition coefficient (Wildman–Crippen LogP) is 4.95. The van der Waals surface area contributed by atoms with Gasteiger partial charge in [0, 0.05) is 12.0 Å². The third-order valence-electron chi connectivity index (χ3n) is 4.98. The molecule has 3 rings (SSSR count). The van der Waals surface area contributed by atoms with Gasteiger partial charge in [0.05, 0.1) is 6.61 Å². The van der Waals surface area contributed by atoms with E-state index in [4.69, 9.17) is 9.47 Å². The van der Waals surface area contributed by atoms with Crippen LogP contribution in [-0.2, 0) is 22.6 Å². The van der Waals surface area contributed by atoms with Crippen molar-refractivity contribution in [3.8, 4) is 5.75 Å². The smallest absolute Gasteiger partial charge is 0.328 e. The molecule has 0 radical (unpaired) electrons. The second-order valence-electron chi connectivity index (χ2n) is 7.54. The molecule has 1 amide bonds. The molecule has 0 aliphatic heterocycles. The van der Waals surface area contributed by atoms with Crippen molar-refractivity contribution in [2.75, 3.05) is 6.61 Å². The van der Waals surface area contributed by atoms with Crippen LogP contribution in [-0.4, -0.2) is 24.5 Å². The summed E-state index contributed by atoms with van der Waals surface area (Å²) in [5.74, 6) is 0.0194. The van der Waals surface area contributed by atoms with E-state index in [0.717, 1.165) is 29.7 Å². The molecule has 1 atom stereocenters. The Kier molecular flexibility index (Phi) is 8.87. The molecule has 5 heteroatoms. The number of rotatable bonds is 11. The average Bonchev–Trinajstić information content (AvgIpc) is 2.84. The van der Waals surface area contributed by atoms with Gasteiger partial charge in [0.1, 0.15) is 18.4 Å². The minimum atomic E-state index is -0.768. The fourth-order valence-electron chi connectivity index (χ4n) is 3.14. The van der Waals surface area contributed by atoms with Crippen LogP contribution in [0, 0.1) is 0 Å². The van der Waals surface area contributed by atoms with E-state index in [2.05, 4.69) is 5.32 Å². The SMILES string of the molecule is CCCCOC(=O)[C@H](Cc1ccc(OCc2ccccc2)cc1)NC(=O)c1ccccc1. The topological polar surface area (TPSA) is 64.6 Å². The van der Waals surface area contributed by atoms with Crippen molar-refractivity contribution in [2.24, 2.45) is 0 Å². The molecule has 0 bridgehead atoms. The van der Waals surface area contributed by atoms with Gasteiger partial charge in [-0.3, -0.25) is 4.79 Å². The van der Waals surface area contributed by atoms with Crippen molar-refractivity contribution in [1.29, 1.82) is 0 Å². The maximum absolute atomic E-state index is 12.7. The van der Waals surface area contributed by atoms with E-state index in [9.17, 15) is 9.59 Å². The maximum Gasteiger partial charge on any atom is 0.328 e. The van der Waals surface area contributed by atoms with Crippen molar-refractivity contribution in [1.82, 2.24) is 5.32 Å². The molecule has 0 aromatic heterocycles. The van der Waals surface area contributed by atoms with Gasteiger partial charge in [-0.1, -0.05) is 74.0 Å². The van der Waals surface area contributed by atoms with E-state index in [1.165, 1.54) is 0 Å². The number of nitrogens with one attached hydrogen (secondary N) is 1. The molecular formula is C27H29NO4. The number of hydrogen-bond acceptors (Lipinski definition) is 4. The highest BCUT2D eigenvalue weighted by Gasteiger charge is 2.23. The Balaban J connectivity index is 1.63. The van der Waals surface area contributed by atoms with Gasteiger partial charge in [0.15, 0.2) is 0 Å². The van der Waals surface area contributed by atoms with Crippen LogP contribution < -0.4 is 10.1 Å². The summed E-state index contributed by atoms with van der Waals surface area (Å²) in [6.07, 6.45) is 2.06. The normalized spacial score (nSPS) is 11.4. The number of ether oxygens (including phenoxy) is 2. The highest BCUT2D eigenvalue weighted by Crippen LogP contribution is 2.16. The van der Waals surface area contributed by atoms with Gasteiger partial charge in [0.25, 0.3) is 5.91 Å². The van der Waals surface area contributed by atoms with E-state index < -0.39 is 12.0 Å². The van der Waals surface area contributed by atoms with Crippen molar-refractivity contribution in [3.63, 3.8) is 0 Å². The first kappa shape index (κ1) is 23.1. The summed E-state index contributed by atoms with van der Waals surface area (Å²) in [6.45, 7) is 2.86. The molecule has 0 aliphatic rings. The average molecular weight is 432 g/mol. The van der Waals surface area contributed by atoms with Crippen molar-refractivity contribution < 1.29 is 19.1 Å². The third-order valence-corrected chi connectivity index (χ3v) is 4.98. The lowest BCUT2D eigenvalue weighted by Gasteiger charge is -2.18. The zero-order valence-electron chi connectivity index (χ0n) is 18.3. The molecule has 0 spiro atoms. The second kappa shape index (κ2) is 12.3. The highest BCUT2D eigenvalue weighted by atomic mass is 16.5. The van der Waals surface area contributed by atoms with Crippen LogP contribution in [0.1, 0.15) is 41.3 Å². The van der Waals surface area contributed by atoms with Gasteiger partial charge in [-0.2, -0.15) is 0 Å². The Morgan fingerprint density at radius 2 is 1.50 bits per heavy atom. The van der Waals surface area contributed by atoms with E-state index in [0.29, 0.717) is 25.2 Å². The Morgan fingerprint density at radius 3 is 2.16 bits per heavy atom. The predicted molar refractivity (Wildman–Crippen MR) is 124 cm³/mol. The molecule has 0 fully saturated rings. The maximum atomic E-state index is 12.7. The molecule has 0 saturated carbocycles. The number of hydrogen-bond donors (Lipinski definition) is 1. The van der Waals surface area contributed by atoms with Gasteiger partial charge in [-0.25, -0.2) is 4.79 Å². The van der Waals surface area contributed by atoms with Gasteiger partial charge >= 0.3 is 5.97 Å². The van der Waals surface area contributed by atoms with Crippen LogP contribution in [0.5, 0.6) is 5.75 Å². The number of amides is 1. The Hall–Kier alpha value is -3.60. The summed E-state index contributed by atoms with van der Waals surface area (Å²) in [5.41, 5.74) is 2.50. The molecule has 0 saturated heterocycles. The standard InChI is InChI=1S/C27H29NO4/c1-2-3-18-31-27(30)25(28-26(29)23-12-8-5-9-13-23)19-21-14-16-24(17-15-21)32-20-22-10-6-4-7-11-22/h4-17,25H,2-3,18-20H2,1H3,(H,28,29)/t25-/m0/s1. The lowest BCUT2D eigenvalue weighted by Crippen LogP contribution is -2.43. The molecule has 0 aliphatic carbocycles. The van der Waals surface area contributed by atoms with E-state index in [-0.39, 0.29) is 5.91 Å². The molecule has 3 aromatic rings. The number of esters is 1. The largest absolute Gasteiger partial charge is 0.489 e. The van der Waals surface area contributed by atoms with E-state index in [1.54, 1.807) is 24.3 Å². The zero-order valence-corrected chi connectivity index (χ0v) is 18.3. The molecule has 1 N–H and O–H groups in total. The lowest BCUT2D eigenvalue weighted by atomic mass is 10.0. The fraction of sp³-hybridized carbons (Fsp3) is 0.259. The van der Waals surface area contributed by atoms with Crippen LogP contribution in [0.25, 0.3) is 0 Å². The van der Waals surface area contributed by atoms with Gasteiger partial charge in [-0.15, -0.1) is 0 Å². The summed E-state index contributed by atoms with van der Waals surface area (Å²) in [5, 5.41) is 2.83. The first-order valence-corrected chi connectivity index (χ1v) is 10.9. The van der Waals surface area contributed by atoms with Crippen molar-refractivity contribution >= 4 is 11.9 Å². The summed E-state index contributed by atoms with van der Waals surface area (Å²) in [4.78, 5) is 25.3. The number of unbranched alkanes of at least 4 members (excludes halogenated alkanes) is 1. The molecule has 166 valence electrons. The van der Waals surface area contributed by atoms with Crippen molar-refractivity contribution in [2.45, 2.75) is 38.8 Å². The van der Waals surface area contributed by atoms with E-state index >= 15 is 0 Å². The summed E-state index contributed by atoms with van der Waals surface area (Å²) in [7, 11) is 0. The minimum Gasteiger partial charge on any atom is -0.489 e. The number of carbonyl (C=O) groups is 2. The second-order valence-corrected chi connectivity index (χ2v) is 7.54. The van der Waals surface area contributed by atoms with Crippen molar-refractivity contribution in [3.05, 3.63) is 102 Å². The van der Waals surface area contributed by atoms with Crippen LogP contribution in [0.15, 0.2) is 84.9 Å². The highest BCUT2D eigenvalue weighted by molar-refractivity contribution is 5.96. The summed E-state index contributed by atoms with van der Waals surface area (Å²) < 4.78 is 11.2. The van der Waals surface area contributed by atoms with Crippen LogP contribution in [0.3, 0.4) is 0 Å². The molecule has 0 unspecified atom stereocenters. The molecule has 0 heterocycles. The molecule has 32 heavy (non-hydrogen) atoms. The van der Waals surface area contributed by atoms with Gasteiger partial charge < -0.3 is 14.8 Å². The summed E-state index contributed by atoms with van der Waals surface area (Å²) >= 11 is 0. The molecule has 5 nitrogen and oxygen atoms in total. The zero-order chi connectivity index (χ0) is 22.6. The van der Waals surface area contributed by atoms with Crippen LogP contribution in [0.4, 0.5) is 0 Å². The Bertz CT molecular complexity index is 972. The first-order valence-electron chi connectivity index (χ1n) is 10.9. The summed E-state index contributed by atoms with van der Waals surface area (Å²) in [6, 6.07) is 25.6. The number of benzene rings is 3. The fourth-order valence-corrected chi connectivity index (χ4v) is 3.14.